The number of nitro benzene ring substituents is 1. The molecule has 2 atom stereocenters. The van der Waals surface area contributed by atoms with Crippen molar-refractivity contribution < 1.29 is 36.8 Å². The first-order valence-corrected chi connectivity index (χ1v) is 12.0. The molecule has 8 nitrogen and oxygen atoms in total. The number of pyridine rings is 1. The van der Waals surface area contributed by atoms with E-state index in [2.05, 4.69) is 4.98 Å². The lowest BCUT2D eigenvalue weighted by Crippen LogP contribution is -2.43. The van der Waals surface area contributed by atoms with Crippen molar-refractivity contribution >= 4 is 13.3 Å². The molecule has 12 heteroatoms. The molecule has 1 aliphatic rings. The SMILES string of the molecule is CCOP(=O)(O)C(Oc1ccccn1)(c1ccc([N+](=O)[O-])c(C(F)(F)F)c1)C1CCCCC1. The highest BCUT2D eigenvalue weighted by Gasteiger charge is 2.59. The van der Waals surface area contributed by atoms with Gasteiger partial charge in [-0.25, -0.2) is 4.98 Å². The molecule has 0 saturated heterocycles. The van der Waals surface area contributed by atoms with Crippen LogP contribution in [0.5, 0.6) is 5.88 Å². The van der Waals surface area contributed by atoms with Crippen LogP contribution in [0.1, 0.15) is 50.2 Å². The first kappa shape index (κ1) is 25.1. The molecule has 0 radical (unpaired) electrons. The Balaban J connectivity index is 2.33. The summed E-state index contributed by atoms with van der Waals surface area (Å²) in [4.78, 5) is 25.3. The summed E-state index contributed by atoms with van der Waals surface area (Å²) >= 11 is 0. The molecule has 3 rings (SSSR count). The van der Waals surface area contributed by atoms with Gasteiger partial charge in [0.1, 0.15) is 5.56 Å². The van der Waals surface area contributed by atoms with Gasteiger partial charge in [-0.2, -0.15) is 13.2 Å². The van der Waals surface area contributed by atoms with Gasteiger partial charge in [-0.3, -0.25) is 14.7 Å². The quantitative estimate of drug-likeness (QED) is 0.274. The Morgan fingerprint density at radius 1 is 1.21 bits per heavy atom. The van der Waals surface area contributed by atoms with Gasteiger partial charge in [-0.1, -0.05) is 25.3 Å². The maximum Gasteiger partial charge on any atom is 0.423 e. The van der Waals surface area contributed by atoms with Crippen LogP contribution in [0.15, 0.2) is 42.6 Å². The number of hydrogen-bond acceptors (Lipinski definition) is 6. The molecular weight excluding hydrogens is 464 g/mol. The number of benzene rings is 1. The molecule has 1 aromatic heterocycles. The molecule has 0 amide bonds. The largest absolute Gasteiger partial charge is 0.453 e. The highest BCUT2D eigenvalue weighted by atomic mass is 31.2. The Morgan fingerprint density at radius 2 is 1.91 bits per heavy atom. The monoisotopic (exact) mass is 488 g/mol. The van der Waals surface area contributed by atoms with Crippen molar-refractivity contribution in [2.45, 2.75) is 50.5 Å². The molecule has 1 fully saturated rings. The minimum absolute atomic E-state index is 0.0797. The number of rotatable bonds is 8. The van der Waals surface area contributed by atoms with Crippen LogP contribution in [0, 0.1) is 16.0 Å². The summed E-state index contributed by atoms with van der Waals surface area (Å²) in [6.07, 6.45) is -0.722. The van der Waals surface area contributed by atoms with Gasteiger partial charge in [-0.15, -0.1) is 0 Å². The Morgan fingerprint density at radius 3 is 2.45 bits per heavy atom. The second-order valence-electron chi connectivity index (χ2n) is 7.73. The maximum absolute atomic E-state index is 13.8. The Hall–Kier alpha value is -2.49. The number of aromatic nitrogens is 1. The third-order valence-electron chi connectivity index (χ3n) is 5.69. The first-order valence-electron chi connectivity index (χ1n) is 10.5. The summed E-state index contributed by atoms with van der Waals surface area (Å²) < 4.78 is 66.2. The van der Waals surface area contributed by atoms with Crippen molar-refractivity contribution in [3.63, 3.8) is 0 Å². The number of hydrogen-bond donors (Lipinski definition) is 1. The lowest BCUT2D eigenvalue weighted by molar-refractivity contribution is -0.388. The van der Waals surface area contributed by atoms with E-state index in [0.29, 0.717) is 37.8 Å². The van der Waals surface area contributed by atoms with Crippen molar-refractivity contribution in [3.8, 4) is 5.88 Å². The molecule has 1 aromatic carbocycles. The van der Waals surface area contributed by atoms with Crippen molar-refractivity contribution in [1.82, 2.24) is 4.98 Å². The van der Waals surface area contributed by atoms with Gasteiger partial charge in [-0.05, 0) is 38.0 Å². The number of halogens is 3. The molecule has 180 valence electrons. The standard InChI is InChI=1S/C21H24F3N2O6P/c1-2-31-33(29,30)20(15-8-4-3-5-9-15,32-19-10-6-7-13-25-19)16-11-12-18(26(27)28)17(14-16)21(22,23)24/h6-7,10-15H,2-5,8-9H2,1H3,(H,29,30). The predicted molar refractivity (Wildman–Crippen MR) is 113 cm³/mol. The average molecular weight is 488 g/mol. The fourth-order valence-electron chi connectivity index (χ4n) is 4.31. The van der Waals surface area contributed by atoms with Gasteiger partial charge >= 0.3 is 13.8 Å². The van der Waals surface area contributed by atoms with E-state index >= 15 is 0 Å². The van der Waals surface area contributed by atoms with E-state index in [0.717, 1.165) is 12.5 Å². The van der Waals surface area contributed by atoms with E-state index in [1.54, 1.807) is 12.1 Å². The predicted octanol–water partition coefficient (Wildman–Crippen LogP) is 6.04. The summed E-state index contributed by atoms with van der Waals surface area (Å²) in [5, 5.41) is 9.01. The molecule has 1 heterocycles. The zero-order chi connectivity index (χ0) is 24.3. The van der Waals surface area contributed by atoms with Gasteiger partial charge in [0, 0.05) is 29.8 Å². The van der Waals surface area contributed by atoms with Crippen LogP contribution < -0.4 is 4.74 Å². The molecule has 33 heavy (non-hydrogen) atoms. The highest BCUT2D eigenvalue weighted by molar-refractivity contribution is 7.54. The van der Waals surface area contributed by atoms with Crippen molar-refractivity contribution in [1.29, 1.82) is 0 Å². The van der Waals surface area contributed by atoms with E-state index in [9.17, 15) is 32.7 Å². The van der Waals surface area contributed by atoms with E-state index in [1.165, 1.54) is 19.2 Å². The third-order valence-corrected chi connectivity index (χ3v) is 7.86. The second kappa shape index (κ2) is 9.79. The number of ether oxygens (including phenoxy) is 1. The molecule has 0 bridgehead atoms. The number of nitrogens with zero attached hydrogens (tertiary/aromatic N) is 2. The molecule has 0 aliphatic heterocycles. The molecule has 0 spiro atoms. The summed E-state index contributed by atoms with van der Waals surface area (Å²) in [5.74, 6) is -0.776. The van der Waals surface area contributed by atoms with Crippen molar-refractivity contribution in [2.24, 2.45) is 5.92 Å². The van der Waals surface area contributed by atoms with Crippen molar-refractivity contribution in [3.05, 3.63) is 63.8 Å². The highest BCUT2D eigenvalue weighted by Crippen LogP contribution is 2.67. The average Bonchev–Trinajstić information content (AvgIpc) is 2.77. The summed E-state index contributed by atoms with van der Waals surface area (Å²) in [6.45, 7) is 1.28. The molecule has 2 aromatic rings. The molecule has 1 saturated carbocycles. The normalized spacial score (nSPS) is 18.8. The summed E-state index contributed by atoms with van der Waals surface area (Å²) in [7, 11) is -4.80. The minimum Gasteiger partial charge on any atom is -0.453 e. The minimum atomic E-state index is -5.08. The van der Waals surface area contributed by atoms with E-state index < -0.39 is 41.2 Å². The summed E-state index contributed by atoms with van der Waals surface area (Å²) in [5.41, 5.74) is -3.02. The van der Waals surface area contributed by atoms with Gasteiger partial charge in [0.15, 0.2) is 0 Å². The Bertz CT molecular complexity index is 1030. The second-order valence-corrected chi connectivity index (χ2v) is 9.69. The fraction of sp³-hybridized carbons (Fsp3) is 0.476. The van der Waals surface area contributed by atoms with Crippen LogP contribution in [0.2, 0.25) is 0 Å². The topological polar surface area (TPSA) is 112 Å². The summed E-state index contributed by atoms with van der Waals surface area (Å²) in [6, 6.07) is 6.81. The smallest absolute Gasteiger partial charge is 0.423 e. The lowest BCUT2D eigenvalue weighted by atomic mass is 9.81. The molecule has 1 aliphatic carbocycles. The van der Waals surface area contributed by atoms with Crippen LogP contribution in [0.4, 0.5) is 18.9 Å². The van der Waals surface area contributed by atoms with E-state index in [-0.39, 0.29) is 18.1 Å². The van der Waals surface area contributed by atoms with Gasteiger partial charge in [0.25, 0.3) is 5.69 Å². The Kier molecular flexibility index (Phi) is 7.45. The van der Waals surface area contributed by atoms with Crippen LogP contribution >= 0.6 is 7.60 Å². The molecular formula is C21H24F3N2O6P. The first-order chi connectivity index (χ1) is 15.5. The number of nitro groups is 1. The molecule has 1 N–H and O–H groups in total. The Labute approximate surface area is 188 Å². The van der Waals surface area contributed by atoms with Gasteiger partial charge < -0.3 is 14.2 Å². The van der Waals surface area contributed by atoms with Gasteiger partial charge in [0.2, 0.25) is 11.2 Å². The van der Waals surface area contributed by atoms with Gasteiger partial charge in [0.05, 0.1) is 11.5 Å². The third kappa shape index (κ3) is 5.05. The molecule has 2 unspecified atom stereocenters. The number of alkyl halides is 3. The van der Waals surface area contributed by atoms with Crippen molar-refractivity contribution in [2.75, 3.05) is 6.61 Å². The van der Waals surface area contributed by atoms with Crippen LogP contribution in [-0.4, -0.2) is 21.4 Å². The maximum atomic E-state index is 13.8. The van der Waals surface area contributed by atoms with E-state index in [4.69, 9.17) is 9.26 Å². The van der Waals surface area contributed by atoms with Crippen LogP contribution in [0.25, 0.3) is 0 Å². The van der Waals surface area contributed by atoms with E-state index in [1.807, 2.05) is 0 Å². The van der Waals surface area contributed by atoms with Crippen LogP contribution in [-0.2, 0) is 20.6 Å². The zero-order valence-corrected chi connectivity index (χ0v) is 18.7. The van der Waals surface area contributed by atoms with Crippen LogP contribution in [0.3, 0.4) is 0 Å². The zero-order valence-electron chi connectivity index (χ0n) is 17.8. The lowest BCUT2D eigenvalue weighted by Gasteiger charge is -2.44. The fourth-order valence-corrected chi connectivity index (χ4v) is 6.24.